The van der Waals surface area contributed by atoms with Crippen LogP contribution in [0.2, 0.25) is 10.3 Å². The molecule has 2 aliphatic rings. The van der Waals surface area contributed by atoms with Gasteiger partial charge in [0.2, 0.25) is 5.91 Å². The van der Waals surface area contributed by atoms with E-state index in [1.54, 1.807) is 0 Å². The maximum absolute atomic E-state index is 12.5. The van der Waals surface area contributed by atoms with Gasteiger partial charge in [-0.1, -0.05) is 23.2 Å². The molecule has 0 bridgehead atoms. The Balaban J connectivity index is 1.65. The maximum atomic E-state index is 12.5. The van der Waals surface area contributed by atoms with E-state index in [1.165, 1.54) is 12.1 Å². The molecule has 0 saturated carbocycles. The van der Waals surface area contributed by atoms with Crippen molar-refractivity contribution in [3.63, 3.8) is 0 Å². The van der Waals surface area contributed by atoms with Crippen molar-refractivity contribution in [3.8, 4) is 0 Å². The summed E-state index contributed by atoms with van der Waals surface area (Å²) >= 11 is 11.6. The lowest BCUT2D eigenvalue weighted by Crippen LogP contribution is -2.55. The van der Waals surface area contributed by atoms with Crippen LogP contribution in [0.25, 0.3) is 0 Å². The summed E-state index contributed by atoms with van der Waals surface area (Å²) in [6.07, 6.45) is 0.860. The van der Waals surface area contributed by atoms with Crippen molar-refractivity contribution in [1.29, 1.82) is 0 Å². The number of hydrogen-bond donors (Lipinski definition) is 2. The van der Waals surface area contributed by atoms with Crippen LogP contribution in [0.1, 0.15) is 16.8 Å². The summed E-state index contributed by atoms with van der Waals surface area (Å²) in [6.45, 7) is 3.65. The van der Waals surface area contributed by atoms with E-state index in [-0.39, 0.29) is 27.8 Å². The van der Waals surface area contributed by atoms with Crippen LogP contribution in [0.4, 0.5) is 0 Å². The summed E-state index contributed by atoms with van der Waals surface area (Å²) in [7, 11) is 0. The number of carbonyl (C=O) groups excluding carboxylic acids is 2. The number of imide groups is 1. The monoisotopic (exact) mass is 372 g/mol. The zero-order valence-electron chi connectivity index (χ0n) is 12.9. The summed E-state index contributed by atoms with van der Waals surface area (Å²) in [5.41, 5.74) is 0.203. The van der Waals surface area contributed by atoms with Crippen LogP contribution in [-0.4, -0.2) is 66.6 Å². The van der Waals surface area contributed by atoms with Gasteiger partial charge in [0.15, 0.2) is 0 Å². The van der Waals surface area contributed by atoms with Crippen LogP contribution in [0.3, 0.4) is 0 Å². The predicted octanol–water partition coefficient (Wildman–Crippen LogP) is 0.708. The Morgan fingerprint density at radius 1 is 1.25 bits per heavy atom. The molecule has 24 heavy (non-hydrogen) atoms. The molecule has 9 heteroatoms. The highest BCUT2D eigenvalue weighted by Gasteiger charge is 2.37. The third-order valence-electron chi connectivity index (χ3n) is 4.25. The van der Waals surface area contributed by atoms with Crippen molar-refractivity contribution in [2.75, 3.05) is 32.8 Å². The van der Waals surface area contributed by atoms with Gasteiger partial charge in [-0.25, -0.2) is 4.98 Å². The van der Waals surface area contributed by atoms with Crippen LogP contribution >= 0.6 is 23.2 Å². The average Bonchev–Trinajstić information content (AvgIpc) is 3.04. The number of morpholine rings is 1. The van der Waals surface area contributed by atoms with Crippen LogP contribution in [-0.2, 0) is 9.53 Å². The Morgan fingerprint density at radius 3 is 2.58 bits per heavy atom. The number of aromatic nitrogens is 1. The van der Waals surface area contributed by atoms with Gasteiger partial charge >= 0.3 is 0 Å². The molecular weight excluding hydrogens is 355 g/mol. The molecule has 3 rings (SSSR count). The molecular formula is C15H18Cl2N4O3. The maximum Gasteiger partial charge on any atom is 0.258 e. The standard InChI is InChI=1S/C15H18Cl2N4O3/c16-11-7-9(8-12(17)19-11)14(22)20-15(23)13-10(1-2-18-13)21-3-5-24-6-4-21/h7-8,10,13,18H,1-6H2,(H,20,22,23). The topological polar surface area (TPSA) is 83.6 Å². The minimum Gasteiger partial charge on any atom is -0.379 e. The number of ether oxygens (including phenoxy) is 1. The van der Waals surface area contributed by atoms with Crippen molar-refractivity contribution in [2.45, 2.75) is 18.5 Å². The number of nitrogens with zero attached hydrogens (tertiary/aromatic N) is 2. The first-order valence-corrected chi connectivity index (χ1v) is 8.53. The van der Waals surface area contributed by atoms with Crippen molar-refractivity contribution >= 4 is 35.0 Å². The fourth-order valence-electron chi connectivity index (χ4n) is 3.12. The van der Waals surface area contributed by atoms with Gasteiger partial charge in [0.25, 0.3) is 5.91 Å². The van der Waals surface area contributed by atoms with Crippen LogP contribution in [0.15, 0.2) is 12.1 Å². The third-order valence-corrected chi connectivity index (χ3v) is 4.64. The molecule has 2 N–H and O–H groups in total. The highest BCUT2D eigenvalue weighted by molar-refractivity contribution is 6.33. The molecule has 2 atom stereocenters. The molecule has 2 unspecified atom stereocenters. The summed E-state index contributed by atoms with van der Waals surface area (Å²) in [6, 6.07) is 2.38. The fourth-order valence-corrected chi connectivity index (χ4v) is 3.58. The van der Waals surface area contributed by atoms with E-state index < -0.39 is 11.9 Å². The quantitative estimate of drug-likeness (QED) is 0.600. The summed E-state index contributed by atoms with van der Waals surface area (Å²) in [4.78, 5) is 30.8. The Hall–Kier alpha value is -1.25. The zero-order chi connectivity index (χ0) is 17.1. The van der Waals surface area contributed by atoms with Crippen molar-refractivity contribution in [2.24, 2.45) is 0 Å². The van der Waals surface area contributed by atoms with E-state index in [1.807, 2.05) is 0 Å². The van der Waals surface area contributed by atoms with E-state index in [0.717, 1.165) is 26.1 Å². The lowest BCUT2D eigenvalue weighted by Gasteiger charge is -2.34. The number of amides is 2. The normalized spacial score (nSPS) is 24.8. The molecule has 2 aliphatic heterocycles. The second-order valence-corrected chi connectivity index (χ2v) is 6.53. The van der Waals surface area contributed by atoms with Crippen molar-refractivity contribution in [3.05, 3.63) is 28.0 Å². The molecule has 3 heterocycles. The first-order chi connectivity index (χ1) is 11.5. The lowest BCUT2D eigenvalue weighted by atomic mass is 10.1. The highest BCUT2D eigenvalue weighted by atomic mass is 35.5. The van der Waals surface area contributed by atoms with E-state index in [0.29, 0.717) is 13.2 Å². The summed E-state index contributed by atoms with van der Waals surface area (Å²) < 4.78 is 5.35. The first-order valence-electron chi connectivity index (χ1n) is 7.78. The predicted molar refractivity (Wildman–Crippen MR) is 89.3 cm³/mol. The number of pyridine rings is 1. The van der Waals surface area contributed by atoms with Gasteiger partial charge in [-0.3, -0.25) is 19.8 Å². The molecule has 130 valence electrons. The van der Waals surface area contributed by atoms with Gasteiger partial charge in [-0.05, 0) is 25.1 Å². The highest BCUT2D eigenvalue weighted by Crippen LogP contribution is 2.18. The third kappa shape index (κ3) is 4.04. The largest absolute Gasteiger partial charge is 0.379 e. The number of rotatable bonds is 3. The first kappa shape index (κ1) is 17.6. The molecule has 2 fully saturated rings. The average molecular weight is 373 g/mol. The van der Waals surface area contributed by atoms with Crippen LogP contribution < -0.4 is 10.6 Å². The second-order valence-electron chi connectivity index (χ2n) is 5.76. The number of nitrogens with one attached hydrogen (secondary N) is 2. The molecule has 2 saturated heterocycles. The van der Waals surface area contributed by atoms with Gasteiger partial charge in [0.05, 0.1) is 13.2 Å². The molecule has 0 radical (unpaired) electrons. The Labute approximate surface area is 149 Å². The smallest absolute Gasteiger partial charge is 0.258 e. The van der Waals surface area contributed by atoms with Gasteiger partial charge in [0.1, 0.15) is 16.3 Å². The van der Waals surface area contributed by atoms with Crippen molar-refractivity contribution in [1.82, 2.24) is 20.5 Å². The minimum absolute atomic E-state index is 0.0614. The van der Waals surface area contributed by atoms with Gasteiger partial charge in [0, 0.05) is 24.7 Å². The molecule has 0 aliphatic carbocycles. The van der Waals surface area contributed by atoms with Gasteiger partial charge < -0.3 is 10.1 Å². The fraction of sp³-hybridized carbons (Fsp3) is 0.533. The van der Waals surface area contributed by atoms with Crippen LogP contribution in [0.5, 0.6) is 0 Å². The number of hydrogen-bond acceptors (Lipinski definition) is 6. The molecule has 1 aromatic heterocycles. The van der Waals surface area contributed by atoms with E-state index in [2.05, 4.69) is 20.5 Å². The lowest BCUT2D eigenvalue weighted by molar-refractivity contribution is -0.123. The molecule has 2 amide bonds. The van der Waals surface area contributed by atoms with Crippen LogP contribution in [0, 0.1) is 0 Å². The van der Waals surface area contributed by atoms with E-state index in [4.69, 9.17) is 27.9 Å². The van der Waals surface area contributed by atoms with E-state index >= 15 is 0 Å². The second kappa shape index (κ2) is 7.76. The Kier molecular flexibility index (Phi) is 5.68. The molecule has 0 spiro atoms. The van der Waals surface area contributed by atoms with Crippen molar-refractivity contribution < 1.29 is 14.3 Å². The number of carbonyl (C=O) groups is 2. The summed E-state index contributed by atoms with van der Waals surface area (Å²) in [5.74, 6) is -0.890. The SMILES string of the molecule is O=C(NC(=O)C1NCCC1N1CCOCC1)c1cc(Cl)nc(Cl)c1. The Morgan fingerprint density at radius 2 is 1.92 bits per heavy atom. The van der Waals surface area contributed by atoms with Gasteiger partial charge in [-0.15, -0.1) is 0 Å². The molecule has 1 aromatic rings. The summed E-state index contributed by atoms with van der Waals surface area (Å²) in [5, 5.41) is 5.79. The molecule has 0 aromatic carbocycles. The minimum atomic E-state index is -0.541. The molecule has 7 nitrogen and oxygen atoms in total. The zero-order valence-corrected chi connectivity index (χ0v) is 14.4. The number of halogens is 2. The van der Waals surface area contributed by atoms with Gasteiger partial charge in [-0.2, -0.15) is 0 Å². The van der Waals surface area contributed by atoms with E-state index in [9.17, 15) is 9.59 Å². The Bertz CT molecular complexity index is 617.